The van der Waals surface area contributed by atoms with Crippen LogP contribution in [0, 0.1) is 13.8 Å². The van der Waals surface area contributed by atoms with Crippen molar-refractivity contribution in [3.63, 3.8) is 0 Å². The average Bonchev–Trinajstić information content (AvgIpc) is 2.96. The molecule has 0 aliphatic heterocycles. The number of aryl methyl sites for hydroxylation is 1. The molecule has 3 aromatic rings. The first-order valence-corrected chi connectivity index (χ1v) is 9.13. The number of hydrogen-bond donors (Lipinski definition) is 1. The minimum Gasteiger partial charge on any atom is -0.452 e. The van der Waals surface area contributed by atoms with Crippen LogP contribution < -0.4 is 5.32 Å². The molecule has 0 atom stereocenters. The van der Waals surface area contributed by atoms with Gasteiger partial charge in [0.2, 0.25) is 0 Å². The zero-order valence-corrected chi connectivity index (χ0v) is 16.4. The van der Waals surface area contributed by atoms with Gasteiger partial charge in [-0.2, -0.15) is 5.10 Å². The second kappa shape index (κ2) is 8.71. The number of halogens is 1. The van der Waals surface area contributed by atoms with E-state index in [1.54, 1.807) is 35.9 Å². The summed E-state index contributed by atoms with van der Waals surface area (Å²) in [5, 5.41) is 7.46. The molecule has 0 unspecified atom stereocenters. The van der Waals surface area contributed by atoms with Gasteiger partial charge in [0.15, 0.2) is 6.61 Å². The van der Waals surface area contributed by atoms with Crippen LogP contribution in [0.1, 0.15) is 27.3 Å². The van der Waals surface area contributed by atoms with Crippen LogP contribution in [0.4, 0.5) is 5.69 Å². The molecule has 7 heteroatoms. The summed E-state index contributed by atoms with van der Waals surface area (Å²) >= 11 is 6.00. The average molecular weight is 398 g/mol. The summed E-state index contributed by atoms with van der Waals surface area (Å²) in [4.78, 5) is 24.5. The van der Waals surface area contributed by atoms with Gasteiger partial charge >= 0.3 is 5.97 Å². The van der Waals surface area contributed by atoms with Crippen LogP contribution in [0.2, 0.25) is 5.02 Å². The van der Waals surface area contributed by atoms with Crippen LogP contribution in [0.25, 0.3) is 0 Å². The van der Waals surface area contributed by atoms with E-state index in [1.807, 2.05) is 37.3 Å². The summed E-state index contributed by atoms with van der Waals surface area (Å²) in [5.41, 5.74) is 3.17. The number of carbonyl (C=O) groups excluding carboxylic acids is 2. The number of para-hydroxylation sites is 1. The predicted molar refractivity (Wildman–Crippen MR) is 108 cm³/mol. The summed E-state index contributed by atoms with van der Waals surface area (Å²) < 4.78 is 6.93. The lowest BCUT2D eigenvalue weighted by atomic mass is 10.2. The Balaban J connectivity index is 1.64. The lowest BCUT2D eigenvalue weighted by molar-refractivity contribution is -0.119. The number of benzene rings is 2. The van der Waals surface area contributed by atoms with Gasteiger partial charge in [0.25, 0.3) is 5.91 Å². The number of amides is 1. The van der Waals surface area contributed by atoms with Gasteiger partial charge in [0.05, 0.1) is 28.6 Å². The Morgan fingerprint density at radius 1 is 1.07 bits per heavy atom. The topological polar surface area (TPSA) is 73.2 Å². The Morgan fingerprint density at radius 3 is 2.46 bits per heavy atom. The Morgan fingerprint density at radius 2 is 1.75 bits per heavy atom. The zero-order chi connectivity index (χ0) is 20.1. The van der Waals surface area contributed by atoms with Crippen LogP contribution in [-0.4, -0.2) is 28.3 Å². The van der Waals surface area contributed by atoms with Crippen molar-refractivity contribution in [1.82, 2.24) is 9.78 Å². The van der Waals surface area contributed by atoms with Gasteiger partial charge in [-0.15, -0.1) is 0 Å². The van der Waals surface area contributed by atoms with Crippen LogP contribution >= 0.6 is 11.6 Å². The molecule has 3 rings (SSSR count). The molecule has 0 fully saturated rings. The number of aromatic nitrogens is 2. The third-order valence-corrected chi connectivity index (χ3v) is 4.57. The van der Waals surface area contributed by atoms with Gasteiger partial charge in [-0.1, -0.05) is 54.1 Å². The van der Waals surface area contributed by atoms with E-state index >= 15 is 0 Å². The minimum absolute atomic E-state index is 0.376. The Bertz CT molecular complexity index is 999. The highest BCUT2D eigenvalue weighted by molar-refractivity contribution is 6.33. The number of rotatable bonds is 6. The first-order chi connectivity index (χ1) is 13.5. The SMILES string of the molecule is Cc1nn(Cc2ccccc2)c(C)c1C(=O)OCC(=O)Nc1ccccc1Cl. The maximum absolute atomic E-state index is 12.5. The van der Waals surface area contributed by atoms with Gasteiger partial charge < -0.3 is 10.1 Å². The second-order valence-corrected chi connectivity index (χ2v) is 6.70. The predicted octanol–water partition coefficient (Wildman–Crippen LogP) is 4.00. The summed E-state index contributed by atoms with van der Waals surface area (Å²) in [5.74, 6) is -1.04. The number of esters is 1. The molecule has 1 amide bonds. The molecule has 0 spiro atoms. The first-order valence-electron chi connectivity index (χ1n) is 8.75. The van der Waals surface area contributed by atoms with Crippen LogP contribution in [0.3, 0.4) is 0 Å². The van der Waals surface area contributed by atoms with Crippen molar-refractivity contribution in [3.05, 3.63) is 82.1 Å². The number of nitrogens with zero attached hydrogens (tertiary/aromatic N) is 2. The second-order valence-electron chi connectivity index (χ2n) is 6.29. The molecule has 0 bridgehead atoms. The lowest BCUT2D eigenvalue weighted by Gasteiger charge is -2.08. The number of carbonyl (C=O) groups is 2. The molecule has 0 saturated heterocycles. The van der Waals surface area contributed by atoms with E-state index in [0.29, 0.717) is 34.2 Å². The van der Waals surface area contributed by atoms with E-state index in [1.165, 1.54) is 0 Å². The largest absolute Gasteiger partial charge is 0.452 e. The van der Waals surface area contributed by atoms with E-state index in [9.17, 15) is 9.59 Å². The molecule has 1 aromatic heterocycles. The molecule has 0 aliphatic carbocycles. The third-order valence-electron chi connectivity index (χ3n) is 4.24. The number of anilines is 1. The highest BCUT2D eigenvalue weighted by Crippen LogP contribution is 2.20. The molecule has 0 aliphatic rings. The molecule has 144 valence electrons. The highest BCUT2D eigenvalue weighted by Gasteiger charge is 2.21. The Kier molecular flexibility index (Phi) is 6.11. The normalized spacial score (nSPS) is 10.5. The van der Waals surface area contributed by atoms with E-state index < -0.39 is 18.5 Å². The molecule has 1 N–H and O–H groups in total. The fourth-order valence-electron chi connectivity index (χ4n) is 2.85. The van der Waals surface area contributed by atoms with E-state index in [4.69, 9.17) is 16.3 Å². The van der Waals surface area contributed by atoms with Gasteiger partial charge in [0.1, 0.15) is 5.56 Å². The van der Waals surface area contributed by atoms with Crippen molar-refractivity contribution in [2.45, 2.75) is 20.4 Å². The van der Waals surface area contributed by atoms with Crippen molar-refractivity contribution in [3.8, 4) is 0 Å². The smallest absolute Gasteiger partial charge is 0.342 e. The van der Waals surface area contributed by atoms with Crippen LogP contribution in [-0.2, 0) is 16.1 Å². The van der Waals surface area contributed by atoms with E-state index in [0.717, 1.165) is 5.56 Å². The van der Waals surface area contributed by atoms with Crippen molar-refractivity contribution >= 4 is 29.2 Å². The third kappa shape index (κ3) is 4.58. The number of nitrogens with one attached hydrogen (secondary N) is 1. The molecule has 0 radical (unpaired) electrons. The van der Waals surface area contributed by atoms with Crippen molar-refractivity contribution in [2.75, 3.05) is 11.9 Å². The van der Waals surface area contributed by atoms with Crippen molar-refractivity contribution in [1.29, 1.82) is 0 Å². The molecular weight excluding hydrogens is 378 g/mol. The standard InChI is InChI=1S/C21H20ClN3O3/c1-14-20(15(2)25(24-14)12-16-8-4-3-5-9-16)21(27)28-13-19(26)23-18-11-7-6-10-17(18)22/h3-11H,12-13H2,1-2H3,(H,23,26). The van der Waals surface area contributed by atoms with Crippen LogP contribution in [0.15, 0.2) is 54.6 Å². The Hall–Kier alpha value is -3.12. The maximum Gasteiger partial charge on any atom is 0.342 e. The molecular formula is C21H20ClN3O3. The van der Waals surface area contributed by atoms with Crippen molar-refractivity contribution in [2.24, 2.45) is 0 Å². The number of ether oxygens (including phenoxy) is 1. The fraction of sp³-hybridized carbons (Fsp3) is 0.190. The first kappa shape index (κ1) is 19.6. The van der Waals surface area contributed by atoms with Crippen LogP contribution in [0.5, 0.6) is 0 Å². The van der Waals surface area contributed by atoms with E-state index in [2.05, 4.69) is 10.4 Å². The quantitative estimate of drug-likeness (QED) is 0.638. The van der Waals surface area contributed by atoms with E-state index in [-0.39, 0.29) is 0 Å². The van der Waals surface area contributed by atoms with Gasteiger partial charge in [-0.3, -0.25) is 9.48 Å². The summed E-state index contributed by atoms with van der Waals surface area (Å²) in [7, 11) is 0. The lowest BCUT2D eigenvalue weighted by Crippen LogP contribution is -2.21. The van der Waals surface area contributed by atoms with Gasteiger partial charge in [-0.05, 0) is 31.5 Å². The molecule has 6 nitrogen and oxygen atoms in total. The molecule has 28 heavy (non-hydrogen) atoms. The highest BCUT2D eigenvalue weighted by atomic mass is 35.5. The maximum atomic E-state index is 12.5. The summed E-state index contributed by atoms with van der Waals surface area (Å²) in [6, 6.07) is 16.7. The molecule has 2 aromatic carbocycles. The van der Waals surface area contributed by atoms with Gasteiger partial charge in [0, 0.05) is 0 Å². The zero-order valence-electron chi connectivity index (χ0n) is 15.6. The van der Waals surface area contributed by atoms with Crippen molar-refractivity contribution < 1.29 is 14.3 Å². The Labute approximate surface area is 168 Å². The monoisotopic (exact) mass is 397 g/mol. The number of hydrogen-bond acceptors (Lipinski definition) is 4. The minimum atomic E-state index is -0.580. The molecule has 1 heterocycles. The molecule has 0 saturated carbocycles. The summed E-state index contributed by atoms with van der Waals surface area (Å²) in [6.07, 6.45) is 0. The summed E-state index contributed by atoms with van der Waals surface area (Å²) in [6.45, 7) is 3.69. The fourth-order valence-corrected chi connectivity index (χ4v) is 3.04. The van der Waals surface area contributed by atoms with Gasteiger partial charge in [-0.25, -0.2) is 4.79 Å².